The highest BCUT2D eigenvalue weighted by Gasteiger charge is 2.52. The second-order valence-corrected chi connectivity index (χ2v) is 10.9. The highest BCUT2D eigenvalue weighted by atomic mass is 35.5. The van der Waals surface area contributed by atoms with Crippen molar-refractivity contribution < 1.29 is 51.1 Å². The SMILES string of the molecule is CCOC(=O)C1c2ccccc2N(Cc2ccc(Cl)cc2Cl)N1C(C(OC(=O)ON1OCCO1)S(=O)O)S(=O)O. The van der Waals surface area contributed by atoms with Crippen LogP contribution in [0.3, 0.4) is 0 Å². The van der Waals surface area contributed by atoms with E-state index in [1.807, 2.05) is 0 Å². The minimum absolute atomic E-state index is 0.0325. The fraction of sp³-hybridized carbons (Fsp3) is 0.364. The van der Waals surface area contributed by atoms with Gasteiger partial charge in [-0.15, -0.1) is 0 Å². The second kappa shape index (κ2) is 13.5. The van der Waals surface area contributed by atoms with Gasteiger partial charge in [0.1, 0.15) is 18.6 Å². The third-order valence-corrected chi connectivity index (χ3v) is 8.02. The predicted octanol–water partition coefficient (Wildman–Crippen LogP) is 3.18. The summed E-state index contributed by atoms with van der Waals surface area (Å²) in [5.41, 5.74) is -0.991. The standard InChI is InChI=1S/C22H23Cl2N3O11S2/c1-2-34-20(28)18-15-5-3-4-6-17(15)25(12-13-7-8-14(23)11-16(13)24)26(18)19(39(30)31)21(40(32)33)37-22(29)38-27-35-9-10-36-27/h3-8,11,18-19,21H,2,9-10,12H2,1H3,(H,30,31)(H,32,33). The lowest BCUT2D eigenvalue weighted by atomic mass is 10.1. The van der Waals surface area contributed by atoms with Crippen LogP contribution in [0.2, 0.25) is 10.0 Å². The molecule has 18 heteroatoms. The van der Waals surface area contributed by atoms with Crippen molar-refractivity contribution >= 4 is 63.2 Å². The molecule has 0 spiro atoms. The number of ether oxygens (including phenoxy) is 2. The summed E-state index contributed by atoms with van der Waals surface area (Å²) in [6.07, 6.45) is -1.58. The number of esters is 1. The zero-order valence-electron chi connectivity index (χ0n) is 20.6. The summed E-state index contributed by atoms with van der Waals surface area (Å²) in [5.74, 6) is -0.834. The average molecular weight is 640 g/mol. The third kappa shape index (κ3) is 6.73. The van der Waals surface area contributed by atoms with Crippen molar-refractivity contribution in [3.05, 3.63) is 63.6 Å². The molecule has 40 heavy (non-hydrogen) atoms. The van der Waals surface area contributed by atoms with Gasteiger partial charge in [0.2, 0.25) is 5.44 Å². The Morgan fingerprint density at radius 2 is 1.80 bits per heavy atom. The molecule has 2 N–H and O–H groups in total. The van der Waals surface area contributed by atoms with E-state index < -0.39 is 51.1 Å². The summed E-state index contributed by atoms with van der Waals surface area (Å²) in [6, 6.07) is 9.81. The maximum atomic E-state index is 13.3. The van der Waals surface area contributed by atoms with Crippen LogP contribution in [0.25, 0.3) is 0 Å². The predicted molar refractivity (Wildman–Crippen MR) is 141 cm³/mol. The minimum Gasteiger partial charge on any atom is -0.465 e. The van der Waals surface area contributed by atoms with Crippen LogP contribution in [-0.4, -0.2) is 70.7 Å². The Bertz CT molecular complexity index is 1300. The first-order valence-electron chi connectivity index (χ1n) is 11.5. The van der Waals surface area contributed by atoms with Crippen molar-refractivity contribution in [3.63, 3.8) is 0 Å². The summed E-state index contributed by atoms with van der Waals surface area (Å²) in [5, 5.41) is 1.39. The van der Waals surface area contributed by atoms with Gasteiger partial charge in [-0.3, -0.25) is 9.85 Å². The topological polar surface area (TPSA) is 165 Å². The van der Waals surface area contributed by atoms with Gasteiger partial charge in [0.25, 0.3) is 0 Å². The van der Waals surface area contributed by atoms with Crippen molar-refractivity contribution in [2.45, 2.75) is 30.3 Å². The molecule has 14 nitrogen and oxygen atoms in total. The molecule has 0 amide bonds. The van der Waals surface area contributed by atoms with E-state index in [4.69, 9.17) is 42.4 Å². The Kier molecular flexibility index (Phi) is 10.3. The van der Waals surface area contributed by atoms with Crippen molar-refractivity contribution in [2.75, 3.05) is 24.8 Å². The lowest BCUT2D eigenvalue weighted by molar-refractivity contribution is -0.459. The summed E-state index contributed by atoms with van der Waals surface area (Å²) < 4.78 is 56.1. The zero-order valence-corrected chi connectivity index (χ0v) is 23.7. The van der Waals surface area contributed by atoms with Crippen LogP contribution in [0.15, 0.2) is 42.5 Å². The van der Waals surface area contributed by atoms with Crippen LogP contribution in [0, 0.1) is 0 Å². The fourth-order valence-electron chi connectivity index (χ4n) is 4.08. The number of halogens is 2. The van der Waals surface area contributed by atoms with Gasteiger partial charge >= 0.3 is 12.1 Å². The number of carbonyl (C=O) groups excluding carboxylic acids is 2. The Morgan fingerprint density at radius 3 is 2.42 bits per heavy atom. The first-order chi connectivity index (χ1) is 19.1. The van der Waals surface area contributed by atoms with E-state index in [-0.39, 0.29) is 31.4 Å². The van der Waals surface area contributed by atoms with E-state index >= 15 is 0 Å². The molecule has 0 saturated carbocycles. The number of fused-ring (bicyclic) bond motifs is 1. The molecular formula is C22H23Cl2N3O11S2. The van der Waals surface area contributed by atoms with Gasteiger partial charge in [0, 0.05) is 15.6 Å². The maximum Gasteiger partial charge on any atom is 0.533 e. The molecule has 5 unspecified atom stereocenters. The van der Waals surface area contributed by atoms with Gasteiger partial charge in [-0.25, -0.2) is 27.7 Å². The minimum atomic E-state index is -3.08. The Hall–Kier alpha value is -2.38. The van der Waals surface area contributed by atoms with E-state index in [1.54, 1.807) is 43.3 Å². The molecule has 4 rings (SSSR count). The van der Waals surface area contributed by atoms with Gasteiger partial charge in [-0.05, 0) is 30.7 Å². The number of nitrogens with zero attached hydrogens (tertiary/aromatic N) is 3. The molecule has 5 atom stereocenters. The monoisotopic (exact) mass is 639 g/mol. The van der Waals surface area contributed by atoms with Crippen molar-refractivity contribution in [3.8, 4) is 0 Å². The van der Waals surface area contributed by atoms with E-state index in [9.17, 15) is 27.1 Å². The van der Waals surface area contributed by atoms with Crippen LogP contribution in [0.1, 0.15) is 24.1 Å². The molecule has 1 saturated heterocycles. The largest absolute Gasteiger partial charge is 0.533 e. The summed E-state index contributed by atoms with van der Waals surface area (Å²) >= 11 is 6.34. The molecule has 0 radical (unpaired) electrons. The van der Waals surface area contributed by atoms with E-state index in [1.165, 1.54) is 11.1 Å². The molecule has 0 bridgehead atoms. The van der Waals surface area contributed by atoms with E-state index in [2.05, 4.69) is 4.84 Å². The van der Waals surface area contributed by atoms with Crippen LogP contribution >= 0.6 is 23.2 Å². The number of anilines is 1. The lowest BCUT2D eigenvalue weighted by Crippen LogP contribution is -2.57. The summed E-state index contributed by atoms with van der Waals surface area (Å²) in [4.78, 5) is 40.0. The molecule has 2 aliphatic heterocycles. The van der Waals surface area contributed by atoms with E-state index in [0.29, 0.717) is 27.2 Å². The van der Waals surface area contributed by atoms with Crippen molar-refractivity contribution in [1.82, 2.24) is 10.4 Å². The Morgan fingerprint density at radius 1 is 1.10 bits per heavy atom. The first-order valence-corrected chi connectivity index (χ1v) is 14.6. The lowest BCUT2D eigenvalue weighted by Gasteiger charge is -2.39. The molecule has 218 valence electrons. The van der Waals surface area contributed by atoms with Gasteiger partial charge in [0.05, 0.1) is 18.8 Å². The molecule has 2 aliphatic rings. The van der Waals surface area contributed by atoms with Crippen LogP contribution in [0.4, 0.5) is 10.5 Å². The molecule has 2 aromatic carbocycles. The fourth-order valence-corrected chi connectivity index (χ4v) is 6.27. The first kappa shape index (κ1) is 30.6. The number of benzene rings is 2. The highest BCUT2D eigenvalue weighted by Crippen LogP contribution is 2.44. The molecule has 1 fully saturated rings. The van der Waals surface area contributed by atoms with Gasteiger partial charge in [-0.2, -0.15) is 5.01 Å². The Labute approximate surface area is 242 Å². The molecule has 0 aliphatic carbocycles. The summed E-state index contributed by atoms with van der Waals surface area (Å²) in [7, 11) is 0. The Balaban J connectivity index is 1.79. The average Bonchev–Trinajstić information content (AvgIpc) is 3.51. The highest BCUT2D eigenvalue weighted by molar-refractivity contribution is 7.84. The molecular weight excluding hydrogens is 617 g/mol. The molecule has 2 heterocycles. The van der Waals surface area contributed by atoms with Gasteiger partial charge < -0.3 is 18.6 Å². The van der Waals surface area contributed by atoms with Crippen LogP contribution in [0.5, 0.6) is 0 Å². The van der Waals surface area contributed by atoms with Gasteiger partial charge in [0.15, 0.2) is 33.6 Å². The van der Waals surface area contributed by atoms with E-state index in [0.717, 1.165) is 5.01 Å². The smallest absolute Gasteiger partial charge is 0.465 e. The quantitative estimate of drug-likeness (QED) is 0.287. The zero-order chi connectivity index (χ0) is 29.0. The van der Waals surface area contributed by atoms with Crippen molar-refractivity contribution in [1.29, 1.82) is 0 Å². The van der Waals surface area contributed by atoms with Crippen LogP contribution in [-0.2, 0) is 57.5 Å². The number of hydrogen-bond acceptors (Lipinski definition) is 12. The third-order valence-electron chi connectivity index (χ3n) is 5.63. The maximum absolute atomic E-state index is 13.3. The molecule has 2 aromatic rings. The normalized spacial score (nSPS) is 20.4. The van der Waals surface area contributed by atoms with Crippen LogP contribution < -0.4 is 5.01 Å². The number of rotatable bonds is 10. The summed E-state index contributed by atoms with van der Waals surface area (Å²) in [6.45, 7) is 1.56. The second-order valence-electron chi connectivity index (χ2n) is 8.05. The number of hydrazine groups is 1. The number of hydrogen-bond donors (Lipinski definition) is 2. The van der Waals surface area contributed by atoms with Crippen molar-refractivity contribution in [2.24, 2.45) is 0 Å². The number of para-hydroxylation sites is 1. The molecule has 0 aromatic heterocycles. The number of carbonyl (C=O) groups is 2. The van der Waals surface area contributed by atoms with Gasteiger partial charge in [-0.1, -0.05) is 47.5 Å².